The van der Waals surface area contributed by atoms with E-state index >= 15 is 0 Å². The number of hydrogen-bond donors (Lipinski definition) is 1. The smallest absolute Gasteiger partial charge is 0.254 e. The Labute approximate surface area is 145 Å². The predicted octanol–water partition coefficient (Wildman–Crippen LogP) is 3.91. The van der Waals surface area contributed by atoms with E-state index in [0.717, 1.165) is 42.7 Å². The molecule has 0 saturated heterocycles. The average Bonchev–Trinajstić information content (AvgIpc) is 3.07. The highest BCUT2D eigenvalue weighted by atomic mass is 16.5. The Morgan fingerprint density at radius 1 is 1.33 bits per heavy atom. The van der Waals surface area contributed by atoms with Gasteiger partial charge in [-0.25, -0.2) is 0 Å². The van der Waals surface area contributed by atoms with E-state index in [2.05, 4.69) is 31.0 Å². The van der Waals surface area contributed by atoms with E-state index < -0.39 is 0 Å². The lowest BCUT2D eigenvalue weighted by Crippen LogP contribution is -2.40. The van der Waals surface area contributed by atoms with Crippen LogP contribution in [-0.2, 0) is 0 Å². The SMILES string of the molecule is CCN(C(=O)c1ccc2c(c1)[C@@H](NC)CC(C)(C)O2)C1CCCC1. The molecule has 1 amide bonds. The molecule has 1 aliphatic carbocycles. The van der Waals surface area contributed by atoms with Crippen molar-refractivity contribution in [2.24, 2.45) is 0 Å². The maximum absolute atomic E-state index is 13.0. The van der Waals surface area contributed by atoms with Crippen LogP contribution in [0, 0.1) is 0 Å². The normalized spacial score (nSPS) is 22.8. The molecule has 132 valence electrons. The number of rotatable bonds is 4. The first kappa shape index (κ1) is 17.3. The van der Waals surface area contributed by atoms with E-state index in [0.29, 0.717) is 6.04 Å². The molecule has 1 atom stereocenters. The molecule has 24 heavy (non-hydrogen) atoms. The summed E-state index contributed by atoms with van der Waals surface area (Å²) in [5, 5.41) is 3.38. The largest absolute Gasteiger partial charge is 0.487 e. The highest BCUT2D eigenvalue weighted by Gasteiger charge is 2.34. The molecule has 0 spiro atoms. The van der Waals surface area contributed by atoms with Crippen molar-refractivity contribution >= 4 is 5.91 Å². The monoisotopic (exact) mass is 330 g/mol. The lowest BCUT2D eigenvalue weighted by atomic mass is 9.89. The van der Waals surface area contributed by atoms with E-state index in [1.54, 1.807) is 0 Å². The Hall–Kier alpha value is -1.55. The molecule has 1 N–H and O–H groups in total. The van der Waals surface area contributed by atoms with Crippen LogP contribution >= 0.6 is 0 Å². The van der Waals surface area contributed by atoms with Crippen molar-refractivity contribution in [3.05, 3.63) is 29.3 Å². The Morgan fingerprint density at radius 3 is 2.67 bits per heavy atom. The van der Waals surface area contributed by atoms with Crippen molar-refractivity contribution in [2.75, 3.05) is 13.6 Å². The highest BCUT2D eigenvalue weighted by Crippen LogP contribution is 2.40. The van der Waals surface area contributed by atoms with Gasteiger partial charge >= 0.3 is 0 Å². The second-order valence-electron chi connectivity index (χ2n) is 7.69. The zero-order chi connectivity index (χ0) is 17.3. The number of benzene rings is 1. The molecule has 2 aliphatic rings. The molecular weight excluding hydrogens is 300 g/mol. The molecular formula is C20H30N2O2. The summed E-state index contributed by atoms with van der Waals surface area (Å²) in [5.41, 5.74) is 1.70. The van der Waals surface area contributed by atoms with E-state index in [9.17, 15) is 4.79 Å². The fraction of sp³-hybridized carbons (Fsp3) is 0.650. The summed E-state index contributed by atoms with van der Waals surface area (Å²) in [4.78, 5) is 15.1. The minimum atomic E-state index is -0.189. The standard InChI is InChI=1S/C20H30N2O2/c1-5-22(15-8-6-7-9-15)19(23)14-10-11-18-16(12-14)17(21-4)13-20(2,3)24-18/h10-12,15,17,21H,5-9,13H2,1-4H3/t17-/m0/s1. The highest BCUT2D eigenvalue weighted by molar-refractivity contribution is 5.95. The van der Waals surface area contributed by atoms with Crippen LogP contribution in [0.15, 0.2) is 18.2 Å². The van der Waals surface area contributed by atoms with Gasteiger partial charge in [0.1, 0.15) is 11.4 Å². The van der Waals surface area contributed by atoms with E-state index in [1.165, 1.54) is 12.8 Å². The van der Waals surface area contributed by atoms with Gasteiger partial charge in [-0.3, -0.25) is 4.79 Å². The van der Waals surface area contributed by atoms with Gasteiger partial charge in [-0.05, 0) is 58.9 Å². The Bertz CT molecular complexity index is 606. The summed E-state index contributed by atoms with van der Waals surface area (Å²) in [5.74, 6) is 1.05. The summed E-state index contributed by atoms with van der Waals surface area (Å²) < 4.78 is 6.11. The quantitative estimate of drug-likeness (QED) is 0.910. The molecule has 1 aromatic rings. The molecule has 4 heteroatoms. The van der Waals surface area contributed by atoms with Gasteiger partial charge in [0.15, 0.2) is 0 Å². The molecule has 1 fully saturated rings. The number of nitrogens with zero attached hydrogens (tertiary/aromatic N) is 1. The van der Waals surface area contributed by atoms with Crippen molar-refractivity contribution < 1.29 is 9.53 Å². The molecule has 0 radical (unpaired) electrons. The zero-order valence-electron chi connectivity index (χ0n) is 15.4. The van der Waals surface area contributed by atoms with Gasteiger partial charge in [0.25, 0.3) is 5.91 Å². The van der Waals surface area contributed by atoms with E-state index in [1.807, 2.05) is 25.2 Å². The number of carbonyl (C=O) groups excluding carboxylic acids is 1. The minimum Gasteiger partial charge on any atom is -0.487 e. The third kappa shape index (κ3) is 3.30. The summed E-state index contributed by atoms with van der Waals surface area (Å²) in [6.45, 7) is 7.08. The van der Waals surface area contributed by atoms with Gasteiger partial charge in [-0.1, -0.05) is 12.8 Å². The molecule has 0 aromatic heterocycles. The summed E-state index contributed by atoms with van der Waals surface area (Å²) >= 11 is 0. The zero-order valence-corrected chi connectivity index (χ0v) is 15.4. The van der Waals surface area contributed by atoms with Crippen LogP contribution in [0.1, 0.15) is 74.8 Å². The summed E-state index contributed by atoms with van der Waals surface area (Å²) in [6.07, 6.45) is 5.66. The van der Waals surface area contributed by atoms with Crippen LogP contribution in [0.25, 0.3) is 0 Å². The van der Waals surface area contributed by atoms with Crippen LogP contribution in [0.2, 0.25) is 0 Å². The minimum absolute atomic E-state index is 0.159. The molecule has 3 rings (SSSR count). The van der Waals surface area contributed by atoms with Crippen molar-refractivity contribution in [1.29, 1.82) is 0 Å². The van der Waals surface area contributed by atoms with Crippen molar-refractivity contribution in [3.63, 3.8) is 0 Å². The van der Waals surface area contributed by atoms with Gasteiger partial charge in [0, 0.05) is 36.2 Å². The van der Waals surface area contributed by atoms with Gasteiger partial charge in [-0.15, -0.1) is 0 Å². The van der Waals surface area contributed by atoms with E-state index in [4.69, 9.17) is 4.74 Å². The van der Waals surface area contributed by atoms with Crippen LogP contribution in [0.3, 0.4) is 0 Å². The third-order valence-electron chi connectivity index (χ3n) is 5.43. The number of nitrogens with one attached hydrogen (secondary N) is 1. The Morgan fingerprint density at radius 2 is 2.04 bits per heavy atom. The molecule has 0 bridgehead atoms. The maximum atomic E-state index is 13.0. The molecule has 1 heterocycles. The number of amides is 1. The predicted molar refractivity (Wildman–Crippen MR) is 96.5 cm³/mol. The molecule has 1 saturated carbocycles. The average molecular weight is 330 g/mol. The lowest BCUT2D eigenvalue weighted by Gasteiger charge is -2.38. The number of carbonyl (C=O) groups is 1. The van der Waals surface area contributed by atoms with Crippen LogP contribution in [0.4, 0.5) is 0 Å². The first-order valence-electron chi connectivity index (χ1n) is 9.26. The van der Waals surface area contributed by atoms with Crippen LogP contribution in [0.5, 0.6) is 5.75 Å². The van der Waals surface area contributed by atoms with Gasteiger partial charge in [0.2, 0.25) is 0 Å². The fourth-order valence-electron chi connectivity index (χ4n) is 4.19. The van der Waals surface area contributed by atoms with E-state index in [-0.39, 0.29) is 17.6 Å². The molecule has 1 aromatic carbocycles. The van der Waals surface area contributed by atoms with Gasteiger partial charge < -0.3 is 15.0 Å². The fourth-order valence-corrected chi connectivity index (χ4v) is 4.19. The third-order valence-corrected chi connectivity index (χ3v) is 5.43. The topological polar surface area (TPSA) is 41.6 Å². The molecule has 1 aliphatic heterocycles. The number of ether oxygens (including phenoxy) is 1. The summed E-state index contributed by atoms with van der Waals surface area (Å²) in [6, 6.07) is 6.56. The van der Waals surface area contributed by atoms with Gasteiger partial charge in [-0.2, -0.15) is 0 Å². The molecule has 0 unspecified atom stereocenters. The summed E-state index contributed by atoms with van der Waals surface area (Å²) in [7, 11) is 1.97. The first-order chi connectivity index (χ1) is 11.4. The van der Waals surface area contributed by atoms with Crippen molar-refractivity contribution in [3.8, 4) is 5.75 Å². The number of hydrogen-bond acceptors (Lipinski definition) is 3. The Kier molecular flexibility index (Phi) is 4.86. The molecule has 4 nitrogen and oxygen atoms in total. The lowest BCUT2D eigenvalue weighted by molar-refractivity contribution is 0.0665. The van der Waals surface area contributed by atoms with Crippen molar-refractivity contribution in [2.45, 2.75) is 70.6 Å². The van der Waals surface area contributed by atoms with Crippen molar-refractivity contribution in [1.82, 2.24) is 10.2 Å². The first-order valence-corrected chi connectivity index (χ1v) is 9.26. The maximum Gasteiger partial charge on any atom is 0.254 e. The second-order valence-corrected chi connectivity index (χ2v) is 7.69. The second kappa shape index (κ2) is 6.75. The van der Waals surface area contributed by atoms with Crippen LogP contribution < -0.4 is 10.1 Å². The van der Waals surface area contributed by atoms with Gasteiger partial charge in [0.05, 0.1) is 0 Å². The Balaban J connectivity index is 1.88. The number of fused-ring (bicyclic) bond motifs is 1. The van der Waals surface area contributed by atoms with Crippen LogP contribution in [-0.4, -0.2) is 36.0 Å².